The maximum absolute atomic E-state index is 13.9. The van der Waals surface area contributed by atoms with Gasteiger partial charge in [-0.3, -0.25) is 19.3 Å². The lowest BCUT2D eigenvalue weighted by molar-refractivity contribution is -0.137. The predicted molar refractivity (Wildman–Crippen MR) is 170 cm³/mol. The number of aromatic nitrogens is 2. The Labute approximate surface area is 263 Å². The van der Waals surface area contributed by atoms with Crippen LogP contribution in [0, 0.1) is 0 Å². The molecule has 1 atom stereocenters. The highest BCUT2D eigenvalue weighted by Gasteiger charge is 2.38. The van der Waals surface area contributed by atoms with Gasteiger partial charge < -0.3 is 14.5 Å². The van der Waals surface area contributed by atoms with E-state index in [2.05, 4.69) is 11.4 Å². The molecule has 0 N–H and O–H groups in total. The van der Waals surface area contributed by atoms with Crippen molar-refractivity contribution in [3.8, 4) is 22.7 Å². The third-order valence-corrected chi connectivity index (χ3v) is 9.95. The number of anilines is 1. The normalized spacial score (nSPS) is 17.0. The third-order valence-electron chi connectivity index (χ3n) is 7.74. The van der Waals surface area contributed by atoms with E-state index in [4.69, 9.17) is 21.4 Å². The SMILES string of the molecule is COc1ccc(-n2nc(-c3ccc(Cl)cc3)c3c2N(CC(=O)N2CCN(C(C)=O)CC2)C(=O)CS[C@@H]3c2ccsc2)cc1. The van der Waals surface area contributed by atoms with Gasteiger partial charge in [-0.25, -0.2) is 4.68 Å². The fourth-order valence-corrected chi connectivity index (χ4v) is 7.52. The Morgan fingerprint density at radius 1 is 1.00 bits per heavy atom. The number of hydrogen-bond donors (Lipinski definition) is 0. The van der Waals surface area contributed by atoms with Gasteiger partial charge in [0, 0.05) is 49.3 Å². The number of nitrogens with zero attached hydrogens (tertiary/aromatic N) is 5. The van der Waals surface area contributed by atoms with Gasteiger partial charge in [-0.1, -0.05) is 23.7 Å². The zero-order valence-corrected chi connectivity index (χ0v) is 26.1. The van der Waals surface area contributed by atoms with E-state index < -0.39 is 0 Å². The Morgan fingerprint density at radius 3 is 2.33 bits per heavy atom. The molecule has 2 aliphatic rings. The molecule has 0 spiro atoms. The first-order chi connectivity index (χ1) is 20.8. The molecule has 6 rings (SSSR count). The molecule has 222 valence electrons. The molecule has 0 unspecified atom stereocenters. The van der Waals surface area contributed by atoms with Gasteiger partial charge in [0.25, 0.3) is 0 Å². The predicted octanol–water partition coefficient (Wildman–Crippen LogP) is 5.12. The average Bonchev–Trinajstić information content (AvgIpc) is 3.67. The summed E-state index contributed by atoms with van der Waals surface area (Å²) in [6, 6.07) is 17.0. The molecule has 43 heavy (non-hydrogen) atoms. The van der Waals surface area contributed by atoms with Gasteiger partial charge >= 0.3 is 0 Å². The molecule has 9 nitrogen and oxygen atoms in total. The summed E-state index contributed by atoms with van der Waals surface area (Å²) in [5.74, 6) is 1.11. The van der Waals surface area contributed by atoms with Gasteiger partial charge in [0.05, 0.1) is 29.5 Å². The molecular weight excluding hydrogens is 606 g/mol. The number of ether oxygens (including phenoxy) is 1. The quantitative estimate of drug-likeness (QED) is 0.292. The first-order valence-corrected chi connectivity index (χ1v) is 16.2. The summed E-state index contributed by atoms with van der Waals surface area (Å²) in [6.07, 6.45) is 0. The number of amides is 3. The number of thiophene rings is 1. The van der Waals surface area contributed by atoms with Crippen molar-refractivity contribution in [3.05, 3.63) is 81.5 Å². The zero-order chi connectivity index (χ0) is 30.1. The molecule has 4 heterocycles. The van der Waals surface area contributed by atoms with Crippen molar-refractivity contribution in [1.29, 1.82) is 0 Å². The van der Waals surface area contributed by atoms with Crippen molar-refractivity contribution >= 4 is 58.2 Å². The molecule has 1 fully saturated rings. The smallest absolute Gasteiger partial charge is 0.242 e. The van der Waals surface area contributed by atoms with E-state index in [0.29, 0.717) is 48.5 Å². The number of thioether (sulfide) groups is 1. The van der Waals surface area contributed by atoms with Crippen LogP contribution in [0.2, 0.25) is 5.02 Å². The summed E-state index contributed by atoms with van der Waals surface area (Å²) < 4.78 is 7.15. The Hall–Kier alpha value is -3.80. The van der Waals surface area contributed by atoms with Crippen molar-refractivity contribution < 1.29 is 19.1 Å². The minimum Gasteiger partial charge on any atom is -0.497 e. The summed E-state index contributed by atoms with van der Waals surface area (Å²) >= 11 is 9.39. The largest absolute Gasteiger partial charge is 0.497 e. The summed E-state index contributed by atoms with van der Waals surface area (Å²) in [4.78, 5) is 44.5. The maximum Gasteiger partial charge on any atom is 0.242 e. The van der Waals surface area contributed by atoms with Crippen LogP contribution in [0.25, 0.3) is 16.9 Å². The van der Waals surface area contributed by atoms with Crippen LogP contribution in [0.15, 0.2) is 65.4 Å². The lowest BCUT2D eigenvalue weighted by atomic mass is 10.0. The highest BCUT2D eigenvalue weighted by molar-refractivity contribution is 8.00. The van der Waals surface area contributed by atoms with Crippen molar-refractivity contribution in [1.82, 2.24) is 19.6 Å². The molecule has 0 aliphatic carbocycles. The van der Waals surface area contributed by atoms with E-state index in [-0.39, 0.29) is 35.3 Å². The number of carbonyl (C=O) groups is 3. The van der Waals surface area contributed by atoms with Gasteiger partial charge in [-0.15, -0.1) is 11.8 Å². The van der Waals surface area contributed by atoms with E-state index in [0.717, 1.165) is 22.4 Å². The standard InChI is InChI=1S/C31H30ClN5O4S2/c1-20(38)34-12-14-35(15-13-34)26(39)17-36-27(40)19-43-30(22-11-16-42-18-22)28-29(21-3-5-23(32)6-4-21)33-37(31(28)36)24-7-9-25(41-2)10-8-24/h3-11,16,18,30H,12-15,17,19H2,1-2H3/t30-/m1/s1. The fraction of sp³-hybridized carbons (Fsp3) is 0.290. The van der Waals surface area contributed by atoms with Crippen LogP contribution in [-0.4, -0.2) is 82.9 Å². The number of hydrogen-bond acceptors (Lipinski definition) is 7. The summed E-state index contributed by atoms with van der Waals surface area (Å²) in [5, 5.41) is 9.65. The Bertz CT molecular complexity index is 1630. The molecule has 2 aromatic carbocycles. The summed E-state index contributed by atoms with van der Waals surface area (Å²) in [5.41, 5.74) is 4.24. The molecule has 2 aromatic heterocycles. The molecule has 0 radical (unpaired) electrons. The van der Waals surface area contributed by atoms with Crippen molar-refractivity contribution in [3.63, 3.8) is 0 Å². The van der Waals surface area contributed by atoms with Crippen LogP contribution >= 0.6 is 34.7 Å². The third kappa shape index (κ3) is 5.89. The minimum atomic E-state index is -0.193. The number of piperazine rings is 1. The summed E-state index contributed by atoms with van der Waals surface area (Å²) in [6.45, 7) is 3.20. The molecule has 0 saturated carbocycles. The van der Waals surface area contributed by atoms with Crippen molar-refractivity contribution in [2.24, 2.45) is 0 Å². The number of benzene rings is 2. The number of halogens is 1. The van der Waals surface area contributed by atoms with Crippen LogP contribution < -0.4 is 9.64 Å². The van der Waals surface area contributed by atoms with E-state index in [1.165, 1.54) is 18.7 Å². The zero-order valence-electron chi connectivity index (χ0n) is 23.7. The summed E-state index contributed by atoms with van der Waals surface area (Å²) in [7, 11) is 1.61. The lowest BCUT2D eigenvalue weighted by Gasteiger charge is -2.35. The van der Waals surface area contributed by atoms with Gasteiger partial charge in [-0.2, -0.15) is 16.4 Å². The highest BCUT2D eigenvalue weighted by Crippen LogP contribution is 2.49. The van der Waals surface area contributed by atoms with Gasteiger partial charge in [0.1, 0.15) is 18.1 Å². The number of rotatable bonds is 6. The minimum absolute atomic E-state index is 0.00550. The molecule has 0 bridgehead atoms. The first-order valence-electron chi connectivity index (χ1n) is 13.8. The second-order valence-electron chi connectivity index (χ2n) is 10.3. The Morgan fingerprint density at radius 2 is 1.70 bits per heavy atom. The highest BCUT2D eigenvalue weighted by atomic mass is 35.5. The second kappa shape index (κ2) is 12.4. The number of carbonyl (C=O) groups excluding carboxylic acids is 3. The monoisotopic (exact) mass is 635 g/mol. The van der Waals surface area contributed by atoms with E-state index in [1.54, 1.807) is 37.8 Å². The van der Waals surface area contributed by atoms with Crippen LogP contribution in [0.3, 0.4) is 0 Å². The van der Waals surface area contributed by atoms with Crippen LogP contribution in [0.1, 0.15) is 23.3 Å². The topological polar surface area (TPSA) is 88.0 Å². The second-order valence-corrected chi connectivity index (χ2v) is 12.6. The van der Waals surface area contributed by atoms with Gasteiger partial charge in [0.15, 0.2) is 0 Å². The number of methoxy groups -OCH3 is 1. The van der Waals surface area contributed by atoms with Crippen LogP contribution in [0.4, 0.5) is 5.82 Å². The van der Waals surface area contributed by atoms with Gasteiger partial charge in [0.2, 0.25) is 17.7 Å². The van der Waals surface area contributed by atoms with E-state index in [9.17, 15) is 14.4 Å². The van der Waals surface area contributed by atoms with Crippen LogP contribution in [0.5, 0.6) is 5.75 Å². The first kappa shape index (κ1) is 29.3. The molecule has 4 aromatic rings. The van der Waals surface area contributed by atoms with Gasteiger partial charge in [-0.05, 0) is 58.8 Å². The van der Waals surface area contributed by atoms with Crippen molar-refractivity contribution in [2.45, 2.75) is 12.2 Å². The molecule has 12 heteroatoms. The fourth-order valence-electron chi connectivity index (χ4n) is 5.44. The van der Waals surface area contributed by atoms with Crippen LogP contribution in [-0.2, 0) is 14.4 Å². The Balaban J connectivity index is 1.50. The molecule has 3 amide bonds. The van der Waals surface area contributed by atoms with Crippen molar-refractivity contribution in [2.75, 3.05) is 50.5 Å². The average molecular weight is 636 g/mol. The van der Waals surface area contributed by atoms with E-state index in [1.807, 2.05) is 53.9 Å². The molecule has 2 aliphatic heterocycles. The lowest BCUT2D eigenvalue weighted by Crippen LogP contribution is -2.53. The molecular formula is C31H30ClN5O4S2. The molecule has 1 saturated heterocycles. The number of fused-ring (bicyclic) bond motifs is 1. The maximum atomic E-state index is 13.9. The Kier molecular flexibility index (Phi) is 8.47. The van der Waals surface area contributed by atoms with E-state index >= 15 is 0 Å².